The van der Waals surface area contributed by atoms with Crippen LogP contribution >= 0.6 is 0 Å². The number of rotatable bonds is 5. The number of fused-ring (bicyclic) bond motifs is 1. The summed E-state index contributed by atoms with van der Waals surface area (Å²) < 4.78 is 29.0. The maximum atomic E-state index is 12.6. The molecule has 26 heavy (non-hydrogen) atoms. The fourth-order valence-corrected chi connectivity index (χ4v) is 2.70. The maximum Gasteiger partial charge on any atom is 0.387 e. The number of benzene rings is 2. The van der Waals surface area contributed by atoms with Gasteiger partial charge in [-0.05, 0) is 35.2 Å². The number of ether oxygens (including phenoxy) is 1. The summed E-state index contributed by atoms with van der Waals surface area (Å²) in [6.45, 7) is -2.74. The molecule has 1 heterocycles. The summed E-state index contributed by atoms with van der Waals surface area (Å²) in [6, 6.07) is 14.7. The molecule has 134 valence electrons. The third-order valence-corrected chi connectivity index (χ3v) is 3.87. The second-order valence-electron chi connectivity index (χ2n) is 5.79. The van der Waals surface area contributed by atoms with E-state index in [-0.39, 0.29) is 29.5 Å². The summed E-state index contributed by atoms with van der Waals surface area (Å²) in [5.41, 5.74) is 0.450. The fraction of sp³-hybridized carbons (Fsp3) is 0.158. The largest absolute Gasteiger partial charge is 0.435 e. The summed E-state index contributed by atoms with van der Waals surface area (Å²) in [6.07, 6.45) is 0. The van der Waals surface area contributed by atoms with Crippen LogP contribution in [0.5, 0.6) is 5.75 Å². The van der Waals surface area contributed by atoms with Crippen molar-refractivity contribution in [1.29, 1.82) is 0 Å². The molecule has 0 saturated heterocycles. The standard InChI is InChI=1S/C19H16F2N2O3/c1-23(11-12-5-4-7-14(9-12)26-19(20)21)18(25)16-10-13-6-2-3-8-15(13)17(24)22-16/h2-10,19H,11H2,1H3,(H,22,24). The van der Waals surface area contributed by atoms with E-state index < -0.39 is 6.61 Å². The molecule has 0 unspecified atom stereocenters. The van der Waals surface area contributed by atoms with E-state index in [1.165, 1.54) is 17.0 Å². The fourth-order valence-electron chi connectivity index (χ4n) is 2.70. The average Bonchev–Trinajstić information content (AvgIpc) is 2.60. The molecule has 1 aromatic heterocycles. The van der Waals surface area contributed by atoms with E-state index in [4.69, 9.17) is 0 Å². The van der Waals surface area contributed by atoms with E-state index in [2.05, 4.69) is 9.72 Å². The molecule has 0 spiro atoms. The van der Waals surface area contributed by atoms with Gasteiger partial charge in [0.25, 0.3) is 11.5 Å². The lowest BCUT2D eigenvalue weighted by Gasteiger charge is -2.18. The van der Waals surface area contributed by atoms with Crippen molar-refractivity contribution in [2.45, 2.75) is 13.2 Å². The van der Waals surface area contributed by atoms with Crippen LogP contribution in [0.25, 0.3) is 10.8 Å². The summed E-state index contributed by atoms with van der Waals surface area (Å²) in [7, 11) is 1.57. The number of hydrogen-bond acceptors (Lipinski definition) is 3. The van der Waals surface area contributed by atoms with Crippen LogP contribution in [0.1, 0.15) is 16.1 Å². The molecular formula is C19H16F2N2O3. The van der Waals surface area contributed by atoms with Crippen molar-refractivity contribution < 1.29 is 18.3 Å². The number of amides is 1. The minimum atomic E-state index is -2.91. The number of hydrogen-bond donors (Lipinski definition) is 1. The molecule has 7 heteroatoms. The quantitative estimate of drug-likeness (QED) is 0.760. The smallest absolute Gasteiger partial charge is 0.387 e. The number of pyridine rings is 1. The Hall–Kier alpha value is -3.22. The van der Waals surface area contributed by atoms with Gasteiger partial charge in [0.05, 0.1) is 0 Å². The maximum absolute atomic E-state index is 12.6. The number of alkyl halides is 2. The molecule has 5 nitrogen and oxygen atoms in total. The average molecular weight is 358 g/mol. The Kier molecular flexibility index (Phi) is 4.97. The third-order valence-electron chi connectivity index (χ3n) is 3.87. The second kappa shape index (κ2) is 7.35. The highest BCUT2D eigenvalue weighted by Crippen LogP contribution is 2.18. The number of carbonyl (C=O) groups is 1. The number of aromatic amines is 1. The van der Waals surface area contributed by atoms with Crippen LogP contribution in [0.15, 0.2) is 59.4 Å². The van der Waals surface area contributed by atoms with E-state index in [0.29, 0.717) is 16.3 Å². The van der Waals surface area contributed by atoms with Gasteiger partial charge in [-0.3, -0.25) is 9.59 Å². The molecule has 0 aliphatic heterocycles. The van der Waals surface area contributed by atoms with Crippen molar-refractivity contribution in [3.63, 3.8) is 0 Å². The van der Waals surface area contributed by atoms with Gasteiger partial charge < -0.3 is 14.6 Å². The van der Waals surface area contributed by atoms with Crippen molar-refractivity contribution in [3.8, 4) is 5.75 Å². The van der Waals surface area contributed by atoms with E-state index in [1.807, 2.05) is 0 Å². The molecule has 0 aliphatic rings. The normalized spacial score (nSPS) is 10.9. The van der Waals surface area contributed by atoms with Crippen molar-refractivity contribution in [3.05, 3.63) is 76.2 Å². The number of nitrogens with one attached hydrogen (secondary N) is 1. The van der Waals surface area contributed by atoms with E-state index in [9.17, 15) is 18.4 Å². The zero-order valence-corrected chi connectivity index (χ0v) is 13.9. The van der Waals surface area contributed by atoms with Gasteiger partial charge in [0, 0.05) is 19.0 Å². The Morgan fingerprint density at radius 1 is 1.15 bits per heavy atom. The van der Waals surface area contributed by atoms with Crippen molar-refractivity contribution >= 4 is 16.7 Å². The van der Waals surface area contributed by atoms with E-state index >= 15 is 0 Å². The van der Waals surface area contributed by atoms with Crippen LogP contribution < -0.4 is 10.3 Å². The lowest BCUT2D eigenvalue weighted by atomic mass is 10.1. The molecule has 3 aromatic rings. The van der Waals surface area contributed by atoms with Crippen LogP contribution in [-0.2, 0) is 6.54 Å². The zero-order valence-electron chi connectivity index (χ0n) is 13.9. The highest BCUT2D eigenvalue weighted by atomic mass is 19.3. The van der Waals surface area contributed by atoms with Gasteiger partial charge in [0.2, 0.25) is 0 Å². The third kappa shape index (κ3) is 3.88. The first-order chi connectivity index (χ1) is 12.4. The molecule has 0 bridgehead atoms. The van der Waals surface area contributed by atoms with E-state index in [0.717, 1.165) is 0 Å². The van der Waals surface area contributed by atoms with Crippen LogP contribution in [-0.4, -0.2) is 29.5 Å². The van der Waals surface area contributed by atoms with Gasteiger partial charge in [0.15, 0.2) is 0 Å². The SMILES string of the molecule is CN(Cc1cccc(OC(F)F)c1)C(=O)c1cc2ccccc2c(=O)[nH]1. The molecule has 2 aromatic carbocycles. The Morgan fingerprint density at radius 2 is 1.92 bits per heavy atom. The first-order valence-electron chi connectivity index (χ1n) is 7.85. The van der Waals surface area contributed by atoms with Crippen molar-refractivity contribution in [2.75, 3.05) is 7.05 Å². The number of H-pyrrole nitrogens is 1. The van der Waals surface area contributed by atoms with Crippen LogP contribution in [0.2, 0.25) is 0 Å². The lowest BCUT2D eigenvalue weighted by molar-refractivity contribution is -0.0499. The van der Waals surface area contributed by atoms with Gasteiger partial charge >= 0.3 is 6.61 Å². The van der Waals surface area contributed by atoms with Crippen molar-refractivity contribution in [1.82, 2.24) is 9.88 Å². The highest BCUT2D eigenvalue weighted by Gasteiger charge is 2.15. The zero-order chi connectivity index (χ0) is 18.7. The van der Waals surface area contributed by atoms with Gasteiger partial charge in [-0.1, -0.05) is 30.3 Å². The Morgan fingerprint density at radius 3 is 2.69 bits per heavy atom. The van der Waals surface area contributed by atoms with Gasteiger partial charge in [-0.2, -0.15) is 8.78 Å². The first-order valence-corrected chi connectivity index (χ1v) is 7.85. The first kappa shape index (κ1) is 17.6. The van der Waals surface area contributed by atoms with Crippen LogP contribution in [0, 0.1) is 0 Å². The summed E-state index contributed by atoms with van der Waals surface area (Å²) >= 11 is 0. The molecular weight excluding hydrogens is 342 g/mol. The number of carbonyl (C=O) groups excluding carboxylic acids is 1. The molecule has 0 radical (unpaired) electrons. The summed E-state index contributed by atoms with van der Waals surface area (Å²) in [4.78, 5) is 28.7. The van der Waals surface area contributed by atoms with Crippen LogP contribution in [0.3, 0.4) is 0 Å². The van der Waals surface area contributed by atoms with Crippen LogP contribution in [0.4, 0.5) is 8.78 Å². The molecule has 0 fully saturated rings. The predicted octanol–water partition coefficient (Wildman–Crippen LogP) is 3.40. The number of nitrogens with zero attached hydrogens (tertiary/aromatic N) is 1. The second-order valence-corrected chi connectivity index (χ2v) is 5.79. The monoisotopic (exact) mass is 358 g/mol. The van der Waals surface area contributed by atoms with Gasteiger partial charge in [-0.15, -0.1) is 0 Å². The van der Waals surface area contributed by atoms with Gasteiger partial charge in [0.1, 0.15) is 11.4 Å². The minimum Gasteiger partial charge on any atom is -0.435 e. The molecule has 1 amide bonds. The number of halogens is 2. The lowest BCUT2D eigenvalue weighted by Crippen LogP contribution is -2.28. The number of aromatic nitrogens is 1. The molecule has 0 saturated carbocycles. The van der Waals surface area contributed by atoms with E-state index in [1.54, 1.807) is 49.5 Å². The minimum absolute atomic E-state index is 0.0254. The predicted molar refractivity (Wildman–Crippen MR) is 93.4 cm³/mol. The topological polar surface area (TPSA) is 62.4 Å². The Bertz CT molecular complexity index is 1000. The van der Waals surface area contributed by atoms with Crippen molar-refractivity contribution in [2.24, 2.45) is 0 Å². The van der Waals surface area contributed by atoms with Gasteiger partial charge in [-0.25, -0.2) is 0 Å². The molecule has 0 aliphatic carbocycles. The molecule has 1 N–H and O–H groups in total. The molecule has 3 rings (SSSR count). The highest BCUT2D eigenvalue weighted by molar-refractivity contribution is 5.96. The Balaban J connectivity index is 1.81. The summed E-state index contributed by atoms with van der Waals surface area (Å²) in [5.74, 6) is -0.356. The molecule has 0 atom stereocenters. The summed E-state index contributed by atoms with van der Waals surface area (Å²) in [5, 5.41) is 1.17. The Labute approximate surface area is 147 Å².